The maximum Gasteiger partial charge on any atom is 0.336 e. The zero-order valence-corrected chi connectivity index (χ0v) is 16.8. The number of hydrogen-bond acceptors (Lipinski definition) is 6. The van der Waals surface area contributed by atoms with Crippen molar-refractivity contribution in [3.63, 3.8) is 0 Å². The summed E-state index contributed by atoms with van der Waals surface area (Å²) in [6, 6.07) is 12.7. The fraction of sp³-hybridized carbons (Fsp3) is 0. The fourth-order valence-corrected chi connectivity index (χ4v) is 4.09. The second kappa shape index (κ2) is 8.06. The van der Waals surface area contributed by atoms with Gasteiger partial charge < -0.3 is 20.1 Å². The molecule has 0 saturated heterocycles. The number of phenols is 2. The van der Waals surface area contributed by atoms with Crippen molar-refractivity contribution in [2.75, 3.05) is 0 Å². The second-order valence-electron chi connectivity index (χ2n) is 6.29. The van der Waals surface area contributed by atoms with Crippen LogP contribution < -0.4 is 4.74 Å². The summed E-state index contributed by atoms with van der Waals surface area (Å²) in [6.45, 7) is 0. The number of benzene rings is 2. The predicted molar refractivity (Wildman–Crippen MR) is 116 cm³/mol. The fourth-order valence-electron chi connectivity index (χ4n) is 2.87. The first-order valence-corrected chi connectivity index (χ1v) is 9.89. The van der Waals surface area contributed by atoms with Gasteiger partial charge in [-0.2, -0.15) is 0 Å². The lowest BCUT2D eigenvalue weighted by atomic mass is 10.1. The van der Waals surface area contributed by atoms with Crippen molar-refractivity contribution in [2.24, 2.45) is 0 Å². The number of phenolic OH excluding ortho intramolecular Hbond substituents is 2. The number of aromatic nitrogens is 1. The number of hydrogen-bond donors (Lipinski definition) is 3. The Kier molecular flexibility index (Phi) is 5.31. The summed E-state index contributed by atoms with van der Waals surface area (Å²) in [5.41, 5.74) is 0.538. The first-order chi connectivity index (χ1) is 14.4. The van der Waals surface area contributed by atoms with Crippen molar-refractivity contribution in [1.29, 1.82) is 0 Å². The summed E-state index contributed by atoms with van der Waals surface area (Å²) in [5.74, 6) is -0.835. The van der Waals surface area contributed by atoms with E-state index in [9.17, 15) is 20.1 Å². The lowest BCUT2D eigenvalue weighted by molar-refractivity contribution is -0.130. The highest BCUT2D eigenvalue weighted by molar-refractivity contribution is 7.20. The summed E-state index contributed by atoms with van der Waals surface area (Å²) in [4.78, 5) is 16.3. The minimum absolute atomic E-state index is 0.0540. The number of thiophene rings is 1. The van der Waals surface area contributed by atoms with E-state index in [1.54, 1.807) is 36.4 Å². The molecule has 8 heteroatoms. The molecule has 4 aromatic rings. The molecule has 4 rings (SSSR count). The summed E-state index contributed by atoms with van der Waals surface area (Å²) in [6.07, 6.45) is 4.53. The van der Waals surface area contributed by atoms with Crippen LogP contribution in [0.5, 0.6) is 23.0 Å². The summed E-state index contributed by atoms with van der Waals surface area (Å²) >= 11 is 7.17. The smallest absolute Gasteiger partial charge is 0.336 e. The topological polar surface area (TPSA) is 99.9 Å². The Morgan fingerprint density at radius 1 is 1.03 bits per heavy atom. The van der Waals surface area contributed by atoms with Crippen LogP contribution >= 0.6 is 22.9 Å². The standard InChI is InChI=1S/C22H14ClNO5S/c23-13-1-3-14(4-2-13)29-21-16-9-17(25)18(26)11-19(16)30-20(21)10-15(22(27)28)12-5-7-24-8-6-12/h1-11,25-26H,(H,27,28)/b15-10+. The predicted octanol–water partition coefficient (Wildman–Crippen LogP) is 5.78. The highest BCUT2D eigenvalue weighted by atomic mass is 35.5. The average molecular weight is 440 g/mol. The third kappa shape index (κ3) is 3.94. The monoisotopic (exact) mass is 439 g/mol. The molecule has 0 spiro atoms. The highest BCUT2D eigenvalue weighted by Crippen LogP contribution is 2.45. The maximum atomic E-state index is 11.9. The SMILES string of the molecule is O=C(O)/C(=C/c1sc2cc(O)c(O)cc2c1Oc1ccc(Cl)cc1)c1ccncc1. The lowest BCUT2D eigenvalue weighted by Gasteiger charge is -2.08. The van der Waals surface area contributed by atoms with Gasteiger partial charge in [-0.25, -0.2) is 4.79 Å². The van der Waals surface area contributed by atoms with E-state index < -0.39 is 5.97 Å². The minimum atomic E-state index is -1.11. The maximum absolute atomic E-state index is 11.9. The summed E-state index contributed by atoms with van der Waals surface area (Å²) in [5, 5.41) is 30.7. The number of nitrogens with zero attached hydrogens (tertiary/aromatic N) is 1. The molecule has 30 heavy (non-hydrogen) atoms. The molecule has 2 aromatic carbocycles. The van der Waals surface area contributed by atoms with Gasteiger partial charge >= 0.3 is 5.97 Å². The van der Waals surface area contributed by atoms with E-state index in [1.807, 2.05) is 0 Å². The van der Waals surface area contributed by atoms with Crippen molar-refractivity contribution < 1.29 is 24.9 Å². The van der Waals surface area contributed by atoms with Gasteiger partial charge in [-0.1, -0.05) is 11.6 Å². The number of halogens is 1. The minimum Gasteiger partial charge on any atom is -0.504 e. The van der Waals surface area contributed by atoms with Gasteiger partial charge in [0.05, 0.1) is 10.5 Å². The number of pyridine rings is 1. The molecule has 0 aliphatic heterocycles. The number of fused-ring (bicyclic) bond motifs is 1. The largest absolute Gasteiger partial charge is 0.504 e. The van der Waals surface area contributed by atoms with Gasteiger partial charge in [-0.15, -0.1) is 11.3 Å². The molecule has 2 heterocycles. The van der Waals surface area contributed by atoms with E-state index in [4.69, 9.17) is 16.3 Å². The van der Waals surface area contributed by atoms with Crippen LogP contribution in [-0.2, 0) is 4.79 Å². The third-order valence-corrected chi connectivity index (χ3v) is 5.63. The molecule has 0 amide bonds. The molecule has 0 bridgehead atoms. The number of carbonyl (C=O) groups is 1. The molecular formula is C22H14ClNO5S. The van der Waals surface area contributed by atoms with Crippen LogP contribution in [0, 0.1) is 0 Å². The Morgan fingerprint density at radius 3 is 2.37 bits per heavy atom. The van der Waals surface area contributed by atoms with Gasteiger partial charge in [-0.3, -0.25) is 4.98 Å². The van der Waals surface area contributed by atoms with Gasteiger partial charge in [0.2, 0.25) is 0 Å². The molecule has 0 unspecified atom stereocenters. The van der Waals surface area contributed by atoms with E-state index >= 15 is 0 Å². The Morgan fingerprint density at radius 2 is 1.70 bits per heavy atom. The van der Waals surface area contributed by atoms with Crippen molar-refractivity contribution in [3.05, 3.63) is 76.4 Å². The van der Waals surface area contributed by atoms with E-state index in [0.29, 0.717) is 37.0 Å². The molecule has 0 fully saturated rings. The Hall–Kier alpha value is -3.55. The van der Waals surface area contributed by atoms with Crippen molar-refractivity contribution >= 4 is 50.6 Å². The Labute approximate surface area is 179 Å². The molecular weight excluding hydrogens is 426 g/mol. The molecule has 0 aliphatic rings. The molecule has 2 aromatic heterocycles. The molecule has 3 N–H and O–H groups in total. The molecule has 0 saturated carbocycles. The summed E-state index contributed by atoms with van der Waals surface area (Å²) < 4.78 is 6.66. The van der Waals surface area contributed by atoms with Crippen LogP contribution in [0.2, 0.25) is 5.02 Å². The van der Waals surface area contributed by atoms with Crippen molar-refractivity contribution in [3.8, 4) is 23.0 Å². The first-order valence-electron chi connectivity index (χ1n) is 8.69. The van der Waals surface area contributed by atoms with Gasteiger partial charge in [0.15, 0.2) is 17.2 Å². The molecule has 0 atom stereocenters. The normalized spacial score (nSPS) is 11.6. The van der Waals surface area contributed by atoms with Crippen LogP contribution in [0.1, 0.15) is 10.4 Å². The molecule has 0 radical (unpaired) electrons. The lowest BCUT2D eigenvalue weighted by Crippen LogP contribution is -1.99. The van der Waals surface area contributed by atoms with Crippen molar-refractivity contribution in [2.45, 2.75) is 0 Å². The first kappa shape index (κ1) is 19.8. The van der Waals surface area contributed by atoms with Gasteiger partial charge in [0, 0.05) is 33.6 Å². The van der Waals surface area contributed by atoms with E-state index in [0.717, 1.165) is 0 Å². The van der Waals surface area contributed by atoms with Crippen molar-refractivity contribution in [1.82, 2.24) is 4.98 Å². The second-order valence-corrected chi connectivity index (χ2v) is 7.81. The van der Waals surface area contributed by atoms with Crippen LogP contribution in [0.15, 0.2) is 60.9 Å². The summed E-state index contributed by atoms with van der Waals surface area (Å²) in [7, 11) is 0. The quantitative estimate of drug-likeness (QED) is 0.269. The number of ether oxygens (including phenoxy) is 1. The van der Waals surface area contributed by atoms with Gasteiger partial charge in [-0.05, 0) is 54.1 Å². The van der Waals surface area contributed by atoms with Gasteiger partial charge in [0.25, 0.3) is 0 Å². The van der Waals surface area contributed by atoms with Crippen LogP contribution in [0.25, 0.3) is 21.7 Å². The van der Waals surface area contributed by atoms with Crippen LogP contribution in [-0.4, -0.2) is 26.3 Å². The Bertz CT molecular complexity index is 1270. The zero-order chi connectivity index (χ0) is 21.3. The molecule has 150 valence electrons. The van der Waals surface area contributed by atoms with Crippen LogP contribution in [0.4, 0.5) is 0 Å². The highest BCUT2D eigenvalue weighted by Gasteiger charge is 2.19. The number of rotatable bonds is 5. The number of aliphatic carboxylic acids is 1. The van der Waals surface area contributed by atoms with E-state index in [-0.39, 0.29) is 17.1 Å². The van der Waals surface area contributed by atoms with Crippen LogP contribution in [0.3, 0.4) is 0 Å². The molecule has 6 nitrogen and oxygen atoms in total. The number of carboxylic acid groups (broad SMARTS) is 1. The Balaban J connectivity index is 1.91. The third-order valence-electron chi connectivity index (χ3n) is 4.30. The zero-order valence-electron chi connectivity index (χ0n) is 15.2. The number of carboxylic acids is 1. The van der Waals surface area contributed by atoms with E-state index in [2.05, 4.69) is 4.98 Å². The van der Waals surface area contributed by atoms with Gasteiger partial charge in [0.1, 0.15) is 5.75 Å². The molecule has 0 aliphatic carbocycles. The number of aromatic hydroxyl groups is 2. The average Bonchev–Trinajstić information content (AvgIpc) is 3.04. The van der Waals surface area contributed by atoms with E-state index in [1.165, 1.54) is 41.9 Å².